The molecule has 0 aliphatic carbocycles. The van der Waals surface area contributed by atoms with Crippen molar-refractivity contribution in [2.24, 2.45) is 0 Å². The van der Waals surface area contributed by atoms with Gasteiger partial charge in [-0.3, -0.25) is 4.79 Å². The standard InChI is InChI=1S/C8H7N3O/c1-6-7(5-12)11-8(10-6)3-2-4-9-11/h2-5H,1H3. The van der Waals surface area contributed by atoms with E-state index >= 15 is 0 Å². The highest BCUT2D eigenvalue weighted by Crippen LogP contribution is 2.06. The summed E-state index contributed by atoms with van der Waals surface area (Å²) in [5, 5.41) is 4.00. The first-order valence-corrected chi connectivity index (χ1v) is 3.58. The normalized spacial score (nSPS) is 10.4. The Morgan fingerprint density at radius 1 is 1.58 bits per heavy atom. The van der Waals surface area contributed by atoms with E-state index in [1.54, 1.807) is 19.2 Å². The van der Waals surface area contributed by atoms with Crippen LogP contribution in [0.2, 0.25) is 0 Å². The molecule has 0 amide bonds. The van der Waals surface area contributed by atoms with E-state index in [-0.39, 0.29) is 0 Å². The van der Waals surface area contributed by atoms with Crippen molar-refractivity contribution in [2.45, 2.75) is 6.92 Å². The molecule has 0 unspecified atom stereocenters. The molecule has 12 heavy (non-hydrogen) atoms. The van der Waals surface area contributed by atoms with Crippen LogP contribution in [0.5, 0.6) is 0 Å². The summed E-state index contributed by atoms with van der Waals surface area (Å²) in [6.07, 6.45) is 2.39. The van der Waals surface area contributed by atoms with Gasteiger partial charge < -0.3 is 0 Å². The summed E-state index contributed by atoms with van der Waals surface area (Å²) < 4.78 is 1.53. The Balaban J connectivity index is 2.90. The lowest BCUT2D eigenvalue weighted by Crippen LogP contribution is -1.95. The average Bonchev–Trinajstić information content (AvgIpc) is 2.40. The van der Waals surface area contributed by atoms with Crippen LogP contribution in [0.15, 0.2) is 18.3 Å². The van der Waals surface area contributed by atoms with Crippen LogP contribution in [0.3, 0.4) is 0 Å². The monoisotopic (exact) mass is 161 g/mol. The van der Waals surface area contributed by atoms with Gasteiger partial charge in [-0.1, -0.05) is 0 Å². The first-order chi connectivity index (χ1) is 5.83. The molecule has 2 aromatic heterocycles. The quantitative estimate of drug-likeness (QED) is 0.582. The molecular weight excluding hydrogens is 154 g/mol. The van der Waals surface area contributed by atoms with Crippen molar-refractivity contribution in [1.29, 1.82) is 0 Å². The first kappa shape index (κ1) is 6.97. The molecule has 0 radical (unpaired) electrons. The maximum atomic E-state index is 10.6. The lowest BCUT2D eigenvalue weighted by atomic mass is 10.4. The number of aromatic nitrogens is 3. The molecule has 0 saturated heterocycles. The minimum absolute atomic E-state index is 0.519. The van der Waals surface area contributed by atoms with Crippen molar-refractivity contribution in [3.8, 4) is 0 Å². The fourth-order valence-electron chi connectivity index (χ4n) is 1.15. The smallest absolute Gasteiger partial charge is 0.170 e. The SMILES string of the molecule is Cc1nc2cccnn2c1C=O. The van der Waals surface area contributed by atoms with Gasteiger partial charge in [-0.25, -0.2) is 9.50 Å². The second-order valence-corrected chi connectivity index (χ2v) is 2.49. The molecule has 0 bridgehead atoms. The number of carbonyl (C=O) groups is 1. The van der Waals surface area contributed by atoms with Gasteiger partial charge >= 0.3 is 0 Å². The van der Waals surface area contributed by atoms with Gasteiger partial charge in [0.1, 0.15) is 5.69 Å². The van der Waals surface area contributed by atoms with Gasteiger partial charge in [-0.05, 0) is 19.1 Å². The Kier molecular flexibility index (Phi) is 1.40. The topological polar surface area (TPSA) is 47.3 Å². The van der Waals surface area contributed by atoms with E-state index in [4.69, 9.17) is 0 Å². The van der Waals surface area contributed by atoms with Gasteiger partial charge in [0.15, 0.2) is 11.9 Å². The summed E-state index contributed by atoms with van der Waals surface area (Å²) in [6.45, 7) is 1.79. The second-order valence-electron chi connectivity index (χ2n) is 2.49. The summed E-state index contributed by atoms with van der Waals surface area (Å²) >= 11 is 0. The fourth-order valence-corrected chi connectivity index (χ4v) is 1.15. The van der Waals surface area contributed by atoms with E-state index in [2.05, 4.69) is 10.1 Å². The van der Waals surface area contributed by atoms with E-state index in [1.807, 2.05) is 6.07 Å². The van der Waals surface area contributed by atoms with Crippen LogP contribution >= 0.6 is 0 Å². The summed E-state index contributed by atoms with van der Waals surface area (Å²) in [7, 11) is 0. The molecule has 0 aliphatic rings. The van der Waals surface area contributed by atoms with Crippen LogP contribution < -0.4 is 0 Å². The summed E-state index contributed by atoms with van der Waals surface area (Å²) in [4.78, 5) is 14.8. The molecule has 0 aliphatic heterocycles. The number of hydrogen-bond donors (Lipinski definition) is 0. The Morgan fingerprint density at radius 3 is 3.17 bits per heavy atom. The van der Waals surface area contributed by atoms with Gasteiger partial charge in [0.2, 0.25) is 0 Å². The zero-order valence-corrected chi connectivity index (χ0v) is 6.56. The summed E-state index contributed by atoms with van der Waals surface area (Å²) in [5.41, 5.74) is 1.94. The Labute approximate surface area is 68.8 Å². The minimum atomic E-state index is 0.519. The minimum Gasteiger partial charge on any atom is -0.296 e. The highest BCUT2D eigenvalue weighted by molar-refractivity contribution is 5.75. The lowest BCUT2D eigenvalue weighted by molar-refractivity contribution is 0.111. The highest BCUT2D eigenvalue weighted by atomic mass is 16.1. The number of rotatable bonds is 1. The molecule has 60 valence electrons. The average molecular weight is 161 g/mol. The van der Waals surface area contributed by atoms with E-state index < -0.39 is 0 Å². The van der Waals surface area contributed by atoms with Crippen molar-refractivity contribution in [3.63, 3.8) is 0 Å². The van der Waals surface area contributed by atoms with Gasteiger partial charge in [-0.15, -0.1) is 0 Å². The molecule has 2 heterocycles. The molecule has 0 spiro atoms. The van der Waals surface area contributed by atoms with Crippen molar-refractivity contribution in [3.05, 3.63) is 29.7 Å². The highest BCUT2D eigenvalue weighted by Gasteiger charge is 2.06. The summed E-state index contributed by atoms with van der Waals surface area (Å²) in [5.74, 6) is 0. The van der Waals surface area contributed by atoms with Crippen molar-refractivity contribution < 1.29 is 4.79 Å². The van der Waals surface area contributed by atoms with Crippen molar-refractivity contribution in [1.82, 2.24) is 14.6 Å². The number of hydrogen-bond acceptors (Lipinski definition) is 3. The van der Waals surface area contributed by atoms with Crippen molar-refractivity contribution >= 4 is 11.9 Å². The van der Waals surface area contributed by atoms with E-state index in [0.29, 0.717) is 17.0 Å². The van der Waals surface area contributed by atoms with Crippen LogP contribution in [0, 0.1) is 6.92 Å². The lowest BCUT2D eigenvalue weighted by Gasteiger charge is -1.90. The Morgan fingerprint density at radius 2 is 2.42 bits per heavy atom. The maximum Gasteiger partial charge on any atom is 0.170 e. The number of nitrogens with zero attached hydrogens (tertiary/aromatic N) is 3. The predicted molar refractivity (Wildman–Crippen MR) is 43.1 cm³/mol. The van der Waals surface area contributed by atoms with E-state index in [9.17, 15) is 4.79 Å². The second kappa shape index (κ2) is 2.41. The summed E-state index contributed by atoms with van der Waals surface area (Å²) in [6, 6.07) is 3.60. The number of aryl methyl sites for hydroxylation is 1. The number of fused-ring (bicyclic) bond motifs is 1. The molecule has 0 atom stereocenters. The van der Waals surface area contributed by atoms with Gasteiger partial charge in [0.25, 0.3) is 0 Å². The molecule has 2 rings (SSSR count). The third-order valence-corrected chi connectivity index (χ3v) is 1.72. The van der Waals surface area contributed by atoms with E-state index in [1.165, 1.54) is 4.52 Å². The maximum absolute atomic E-state index is 10.6. The zero-order chi connectivity index (χ0) is 8.55. The van der Waals surface area contributed by atoms with Crippen LogP contribution in [0.1, 0.15) is 16.2 Å². The molecule has 0 fully saturated rings. The molecule has 0 saturated carbocycles. The van der Waals surface area contributed by atoms with Crippen LogP contribution in [-0.2, 0) is 0 Å². The number of aldehydes is 1. The third-order valence-electron chi connectivity index (χ3n) is 1.72. The van der Waals surface area contributed by atoms with Crippen molar-refractivity contribution in [2.75, 3.05) is 0 Å². The van der Waals surface area contributed by atoms with Gasteiger partial charge in [0.05, 0.1) is 5.69 Å². The predicted octanol–water partition coefficient (Wildman–Crippen LogP) is 0.850. The molecule has 2 aromatic rings. The molecule has 4 nitrogen and oxygen atoms in total. The first-order valence-electron chi connectivity index (χ1n) is 3.58. The van der Waals surface area contributed by atoms with Crippen LogP contribution in [-0.4, -0.2) is 20.9 Å². The molecule has 0 aromatic carbocycles. The van der Waals surface area contributed by atoms with Gasteiger partial charge in [-0.2, -0.15) is 5.10 Å². The molecule has 0 N–H and O–H groups in total. The number of carbonyl (C=O) groups excluding carboxylic acids is 1. The molecule has 4 heteroatoms. The van der Waals surface area contributed by atoms with Gasteiger partial charge in [0, 0.05) is 6.20 Å². The fraction of sp³-hybridized carbons (Fsp3) is 0.125. The Bertz CT molecular complexity index is 433. The van der Waals surface area contributed by atoms with Crippen LogP contribution in [0.25, 0.3) is 5.65 Å². The largest absolute Gasteiger partial charge is 0.296 e. The third kappa shape index (κ3) is 0.812. The Hall–Kier alpha value is -1.71. The molecular formula is C8H7N3O. The van der Waals surface area contributed by atoms with E-state index in [0.717, 1.165) is 6.29 Å². The zero-order valence-electron chi connectivity index (χ0n) is 6.56. The number of imidazole rings is 1. The van der Waals surface area contributed by atoms with Crippen LogP contribution in [0.4, 0.5) is 0 Å².